The number of aryl methyl sites for hydroxylation is 1. The Kier molecular flexibility index (Phi) is 5.20. The molecule has 2 heterocycles. The van der Waals surface area contributed by atoms with Crippen molar-refractivity contribution in [3.05, 3.63) is 94.2 Å². The molecule has 0 saturated carbocycles. The zero-order valence-corrected chi connectivity index (χ0v) is 16.1. The number of amides is 1. The standard InChI is InChI=1S/C22H21N5O2/c1-16-7-9-18(10-8-16)21(28)23-11-12-27-20-19(13-25-27)22(29)26(15-24-20)14-17-5-3-2-4-6-17/h2-10,13,15H,11-12,14H2,1H3,(H,23,28). The largest absolute Gasteiger partial charge is 0.350 e. The first-order valence-electron chi connectivity index (χ1n) is 9.41. The Hall–Kier alpha value is -3.74. The lowest BCUT2D eigenvalue weighted by Gasteiger charge is -2.08. The molecule has 2 aromatic heterocycles. The van der Waals surface area contributed by atoms with Crippen LogP contribution in [0.4, 0.5) is 0 Å². The number of nitrogens with one attached hydrogen (secondary N) is 1. The van der Waals surface area contributed by atoms with E-state index in [0.29, 0.717) is 36.2 Å². The van der Waals surface area contributed by atoms with Crippen LogP contribution < -0.4 is 10.9 Å². The highest BCUT2D eigenvalue weighted by molar-refractivity contribution is 5.94. The van der Waals surface area contributed by atoms with E-state index in [0.717, 1.165) is 11.1 Å². The third-order valence-electron chi connectivity index (χ3n) is 4.74. The molecule has 1 N–H and O–H groups in total. The minimum absolute atomic E-state index is 0.131. The molecule has 0 aliphatic heterocycles. The van der Waals surface area contributed by atoms with Crippen LogP contribution in [0.2, 0.25) is 0 Å². The van der Waals surface area contributed by atoms with E-state index in [1.54, 1.807) is 27.7 Å². The van der Waals surface area contributed by atoms with Crippen molar-refractivity contribution < 1.29 is 4.79 Å². The van der Waals surface area contributed by atoms with Gasteiger partial charge in [0.2, 0.25) is 0 Å². The van der Waals surface area contributed by atoms with Crippen molar-refractivity contribution in [3.8, 4) is 0 Å². The van der Waals surface area contributed by atoms with Gasteiger partial charge < -0.3 is 5.32 Å². The SMILES string of the molecule is Cc1ccc(C(=O)NCCn2ncc3c(=O)n(Cc4ccccc4)cnc32)cc1. The minimum atomic E-state index is -0.139. The fourth-order valence-corrected chi connectivity index (χ4v) is 3.14. The maximum atomic E-state index is 12.7. The molecule has 0 bridgehead atoms. The maximum absolute atomic E-state index is 12.7. The molecule has 0 atom stereocenters. The lowest BCUT2D eigenvalue weighted by Crippen LogP contribution is -2.27. The number of nitrogens with zero attached hydrogens (tertiary/aromatic N) is 4. The first-order valence-corrected chi connectivity index (χ1v) is 9.41. The molecule has 4 aromatic rings. The summed E-state index contributed by atoms with van der Waals surface area (Å²) in [6.45, 7) is 3.25. The second kappa shape index (κ2) is 8.10. The lowest BCUT2D eigenvalue weighted by atomic mass is 10.1. The Bertz CT molecular complexity index is 1190. The smallest absolute Gasteiger partial charge is 0.264 e. The summed E-state index contributed by atoms with van der Waals surface area (Å²) in [5.74, 6) is -0.139. The van der Waals surface area contributed by atoms with E-state index in [2.05, 4.69) is 15.4 Å². The third kappa shape index (κ3) is 4.08. The highest BCUT2D eigenvalue weighted by Crippen LogP contribution is 2.07. The monoisotopic (exact) mass is 387 g/mol. The predicted octanol–water partition coefficient (Wildman–Crippen LogP) is 2.38. The number of carbonyl (C=O) groups is 1. The van der Waals surface area contributed by atoms with Gasteiger partial charge in [-0.2, -0.15) is 5.10 Å². The molecule has 146 valence electrons. The molecule has 0 unspecified atom stereocenters. The molecular weight excluding hydrogens is 366 g/mol. The van der Waals surface area contributed by atoms with E-state index >= 15 is 0 Å². The fourth-order valence-electron chi connectivity index (χ4n) is 3.14. The van der Waals surface area contributed by atoms with E-state index < -0.39 is 0 Å². The van der Waals surface area contributed by atoms with Gasteiger partial charge >= 0.3 is 0 Å². The Labute approximate surface area is 167 Å². The van der Waals surface area contributed by atoms with Gasteiger partial charge in [0, 0.05) is 12.1 Å². The van der Waals surface area contributed by atoms with Gasteiger partial charge in [0.25, 0.3) is 11.5 Å². The average Bonchev–Trinajstić information content (AvgIpc) is 3.15. The zero-order valence-electron chi connectivity index (χ0n) is 16.1. The first kappa shape index (κ1) is 18.6. The van der Waals surface area contributed by atoms with E-state index in [9.17, 15) is 9.59 Å². The molecule has 4 rings (SSSR count). The van der Waals surface area contributed by atoms with Crippen LogP contribution in [0.3, 0.4) is 0 Å². The van der Waals surface area contributed by atoms with Gasteiger partial charge in [0.15, 0.2) is 5.65 Å². The summed E-state index contributed by atoms with van der Waals surface area (Å²) < 4.78 is 3.21. The summed E-state index contributed by atoms with van der Waals surface area (Å²) in [6.07, 6.45) is 3.08. The van der Waals surface area contributed by atoms with E-state index in [4.69, 9.17) is 0 Å². The maximum Gasteiger partial charge on any atom is 0.264 e. The number of hydrogen-bond donors (Lipinski definition) is 1. The van der Waals surface area contributed by atoms with Gasteiger partial charge in [-0.05, 0) is 24.6 Å². The number of aromatic nitrogens is 4. The second-order valence-corrected chi connectivity index (χ2v) is 6.89. The molecule has 0 spiro atoms. The Morgan fingerprint density at radius 1 is 1.07 bits per heavy atom. The number of fused-ring (bicyclic) bond motifs is 1. The summed E-state index contributed by atoms with van der Waals surface area (Å²) >= 11 is 0. The topological polar surface area (TPSA) is 81.8 Å². The van der Waals surface area contributed by atoms with Crippen LogP contribution in [-0.4, -0.2) is 31.8 Å². The van der Waals surface area contributed by atoms with Crippen LogP contribution in [0.1, 0.15) is 21.5 Å². The van der Waals surface area contributed by atoms with Crippen LogP contribution in [0, 0.1) is 6.92 Å². The number of carbonyl (C=O) groups excluding carboxylic acids is 1. The minimum Gasteiger partial charge on any atom is -0.350 e. The molecule has 0 radical (unpaired) electrons. The van der Waals surface area contributed by atoms with Gasteiger partial charge in [0.05, 0.1) is 19.3 Å². The number of benzene rings is 2. The quantitative estimate of drug-likeness (QED) is 0.551. The second-order valence-electron chi connectivity index (χ2n) is 6.89. The number of hydrogen-bond acceptors (Lipinski definition) is 4. The summed E-state index contributed by atoms with van der Waals surface area (Å²) in [6, 6.07) is 17.2. The molecular formula is C22H21N5O2. The fraction of sp³-hybridized carbons (Fsp3) is 0.182. The van der Waals surface area contributed by atoms with Gasteiger partial charge in [-0.3, -0.25) is 14.2 Å². The van der Waals surface area contributed by atoms with Crippen LogP contribution in [0.15, 0.2) is 71.9 Å². The van der Waals surface area contributed by atoms with Crippen molar-refractivity contribution in [1.29, 1.82) is 0 Å². The molecule has 7 heteroatoms. The van der Waals surface area contributed by atoms with Crippen LogP contribution in [0.25, 0.3) is 11.0 Å². The highest BCUT2D eigenvalue weighted by atomic mass is 16.1. The van der Waals surface area contributed by atoms with Crippen molar-refractivity contribution in [1.82, 2.24) is 24.6 Å². The molecule has 1 amide bonds. The molecule has 7 nitrogen and oxygen atoms in total. The zero-order chi connectivity index (χ0) is 20.2. The van der Waals surface area contributed by atoms with Crippen LogP contribution in [0.5, 0.6) is 0 Å². The van der Waals surface area contributed by atoms with Crippen molar-refractivity contribution in [2.45, 2.75) is 20.0 Å². The van der Waals surface area contributed by atoms with E-state index in [1.807, 2.05) is 49.4 Å². The Balaban J connectivity index is 1.45. The third-order valence-corrected chi connectivity index (χ3v) is 4.74. The summed E-state index contributed by atoms with van der Waals surface area (Å²) in [5.41, 5.74) is 3.14. The van der Waals surface area contributed by atoms with Crippen LogP contribution in [-0.2, 0) is 13.1 Å². The van der Waals surface area contributed by atoms with Crippen molar-refractivity contribution in [2.24, 2.45) is 0 Å². The van der Waals surface area contributed by atoms with Gasteiger partial charge in [-0.15, -0.1) is 0 Å². The summed E-state index contributed by atoms with van der Waals surface area (Å²) in [5, 5.41) is 7.61. The molecule has 0 fully saturated rings. The van der Waals surface area contributed by atoms with Crippen LogP contribution >= 0.6 is 0 Å². The average molecular weight is 387 g/mol. The highest BCUT2D eigenvalue weighted by Gasteiger charge is 2.11. The molecule has 0 aliphatic rings. The molecule has 0 aliphatic carbocycles. The Morgan fingerprint density at radius 3 is 2.59 bits per heavy atom. The van der Waals surface area contributed by atoms with Gasteiger partial charge in [0.1, 0.15) is 11.7 Å². The molecule has 2 aromatic carbocycles. The van der Waals surface area contributed by atoms with E-state index in [1.165, 1.54) is 6.20 Å². The first-order chi connectivity index (χ1) is 14.1. The Morgan fingerprint density at radius 2 is 1.83 bits per heavy atom. The predicted molar refractivity (Wildman–Crippen MR) is 111 cm³/mol. The molecule has 0 saturated heterocycles. The van der Waals surface area contributed by atoms with Crippen molar-refractivity contribution in [3.63, 3.8) is 0 Å². The summed E-state index contributed by atoms with van der Waals surface area (Å²) in [4.78, 5) is 29.4. The number of rotatable bonds is 6. The lowest BCUT2D eigenvalue weighted by molar-refractivity contribution is 0.0952. The van der Waals surface area contributed by atoms with Crippen molar-refractivity contribution in [2.75, 3.05) is 6.54 Å². The van der Waals surface area contributed by atoms with Gasteiger partial charge in [-0.1, -0.05) is 48.0 Å². The van der Waals surface area contributed by atoms with Gasteiger partial charge in [-0.25, -0.2) is 9.67 Å². The summed E-state index contributed by atoms with van der Waals surface area (Å²) in [7, 11) is 0. The van der Waals surface area contributed by atoms with E-state index in [-0.39, 0.29) is 11.5 Å². The normalized spacial score (nSPS) is 10.9. The van der Waals surface area contributed by atoms with Crippen molar-refractivity contribution >= 4 is 16.9 Å². The molecule has 29 heavy (non-hydrogen) atoms.